The largest absolute Gasteiger partial charge is 0.355 e. The van der Waals surface area contributed by atoms with E-state index in [4.69, 9.17) is 0 Å². The number of hydrogen-bond donors (Lipinski definition) is 1. The summed E-state index contributed by atoms with van der Waals surface area (Å²) in [6, 6.07) is 13.3. The quantitative estimate of drug-likeness (QED) is 0.392. The highest BCUT2D eigenvalue weighted by Gasteiger charge is 2.16. The third kappa shape index (κ3) is 6.76. The van der Waals surface area contributed by atoms with E-state index in [1.807, 2.05) is 55.5 Å². The number of rotatable bonds is 10. The van der Waals surface area contributed by atoms with Crippen molar-refractivity contribution in [2.45, 2.75) is 46.2 Å². The number of aromatic nitrogens is 3. The van der Waals surface area contributed by atoms with Crippen molar-refractivity contribution in [1.82, 2.24) is 14.1 Å². The lowest BCUT2D eigenvalue weighted by Crippen LogP contribution is -2.43. The number of nitrogens with zero attached hydrogens (tertiary/aromatic N) is 3. The number of nitrogens with one attached hydrogen (secondary N) is 1. The first-order chi connectivity index (χ1) is 16.8. The zero-order chi connectivity index (χ0) is 25.4. The Morgan fingerprint density at radius 3 is 2.54 bits per heavy atom. The molecule has 7 heteroatoms. The molecule has 35 heavy (non-hydrogen) atoms. The van der Waals surface area contributed by atoms with Gasteiger partial charge in [-0.25, -0.2) is 18.5 Å². The second-order valence-electron chi connectivity index (χ2n) is 8.47. The lowest BCUT2D eigenvalue weighted by Gasteiger charge is -2.17. The van der Waals surface area contributed by atoms with Crippen LogP contribution in [0.4, 0.5) is 16.0 Å². The van der Waals surface area contributed by atoms with Crippen LogP contribution >= 0.6 is 0 Å². The molecule has 0 fully saturated rings. The first-order valence-electron chi connectivity index (χ1n) is 11.6. The monoisotopic (exact) mass is 474 g/mol. The molecule has 0 radical (unpaired) electrons. The van der Waals surface area contributed by atoms with Crippen LogP contribution in [0, 0.1) is 5.82 Å². The first-order valence-corrected chi connectivity index (χ1v) is 11.6. The minimum Gasteiger partial charge on any atom is -0.325 e. The maximum atomic E-state index is 13.4. The number of halogens is 1. The van der Waals surface area contributed by atoms with Gasteiger partial charge in [-0.1, -0.05) is 55.1 Å². The Morgan fingerprint density at radius 1 is 1.14 bits per heavy atom. The van der Waals surface area contributed by atoms with Crippen molar-refractivity contribution in [2.24, 2.45) is 0 Å². The van der Waals surface area contributed by atoms with Gasteiger partial charge in [0.05, 0.1) is 6.54 Å². The molecule has 6 nitrogen and oxygen atoms in total. The molecule has 0 aliphatic rings. The molecule has 3 aromatic rings. The van der Waals surface area contributed by atoms with Gasteiger partial charge < -0.3 is 5.32 Å². The fourth-order valence-electron chi connectivity index (χ4n) is 3.65. The molecule has 0 amide bonds. The summed E-state index contributed by atoms with van der Waals surface area (Å²) in [4.78, 5) is 30.0. The number of hydrogen-bond acceptors (Lipinski definition) is 4. The SMILES string of the molecule is C=C/C(=C\C=C/C)CCc1cccc(Nc2nc(=O)n(C(C)C)c(=O)n2Cc2ccc(F)cc2)c1. The van der Waals surface area contributed by atoms with Gasteiger partial charge in [0.1, 0.15) is 5.82 Å². The van der Waals surface area contributed by atoms with Crippen LogP contribution in [0.5, 0.6) is 0 Å². The molecule has 2 aromatic carbocycles. The molecule has 1 N–H and O–H groups in total. The topological polar surface area (TPSA) is 68.9 Å². The Morgan fingerprint density at radius 2 is 1.89 bits per heavy atom. The molecule has 3 rings (SSSR count). The number of allylic oxidation sites excluding steroid dienone is 5. The summed E-state index contributed by atoms with van der Waals surface area (Å²) < 4.78 is 15.9. The highest BCUT2D eigenvalue weighted by Crippen LogP contribution is 2.19. The Labute approximate surface area is 204 Å². The van der Waals surface area contributed by atoms with Crippen LogP contribution in [0.15, 0.2) is 94.6 Å². The van der Waals surface area contributed by atoms with Gasteiger partial charge in [0.15, 0.2) is 0 Å². The normalized spacial score (nSPS) is 11.9. The van der Waals surface area contributed by atoms with Crippen LogP contribution < -0.4 is 16.7 Å². The summed E-state index contributed by atoms with van der Waals surface area (Å²) >= 11 is 0. The number of aryl methyl sites for hydroxylation is 1. The average Bonchev–Trinajstić information content (AvgIpc) is 2.83. The Bertz CT molecular complexity index is 1350. The molecule has 0 bridgehead atoms. The molecule has 1 aromatic heterocycles. The van der Waals surface area contributed by atoms with Gasteiger partial charge in [0.25, 0.3) is 0 Å². The first kappa shape index (κ1) is 25.6. The maximum absolute atomic E-state index is 13.4. The van der Waals surface area contributed by atoms with Crippen molar-refractivity contribution >= 4 is 11.6 Å². The van der Waals surface area contributed by atoms with Crippen molar-refractivity contribution in [3.8, 4) is 0 Å². The highest BCUT2D eigenvalue weighted by atomic mass is 19.1. The maximum Gasteiger partial charge on any atom is 0.355 e. The summed E-state index contributed by atoms with van der Waals surface area (Å²) in [7, 11) is 0. The predicted molar refractivity (Wildman–Crippen MR) is 140 cm³/mol. The average molecular weight is 475 g/mol. The van der Waals surface area contributed by atoms with E-state index in [1.165, 1.54) is 16.7 Å². The fraction of sp³-hybridized carbons (Fsp3) is 0.250. The van der Waals surface area contributed by atoms with Crippen molar-refractivity contribution < 1.29 is 4.39 Å². The third-order valence-electron chi connectivity index (χ3n) is 5.52. The van der Waals surface area contributed by atoms with Crippen LogP contribution in [-0.4, -0.2) is 14.1 Å². The Balaban J connectivity index is 1.94. The van der Waals surface area contributed by atoms with Gasteiger partial charge >= 0.3 is 11.4 Å². The van der Waals surface area contributed by atoms with Gasteiger partial charge in [-0.15, -0.1) is 0 Å². The second kappa shape index (κ2) is 11.9. The number of benzene rings is 2. The van der Waals surface area contributed by atoms with E-state index < -0.39 is 11.4 Å². The van der Waals surface area contributed by atoms with Crippen LogP contribution in [0.25, 0.3) is 0 Å². The van der Waals surface area contributed by atoms with Gasteiger partial charge in [-0.3, -0.25) is 4.57 Å². The summed E-state index contributed by atoms with van der Waals surface area (Å²) in [5.41, 5.74) is 2.55. The Hall–Kier alpha value is -4.00. The molecule has 0 aliphatic carbocycles. The molecular weight excluding hydrogens is 443 g/mol. The summed E-state index contributed by atoms with van der Waals surface area (Å²) in [5.74, 6) is -0.222. The third-order valence-corrected chi connectivity index (χ3v) is 5.52. The zero-order valence-corrected chi connectivity index (χ0v) is 20.4. The fourth-order valence-corrected chi connectivity index (χ4v) is 3.65. The molecule has 0 saturated carbocycles. The lowest BCUT2D eigenvalue weighted by atomic mass is 10.0. The summed E-state index contributed by atoms with van der Waals surface area (Å²) in [6.07, 6.45) is 9.48. The summed E-state index contributed by atoms with van der Waals surface area (Å²) in [5, 5.41) is 3.15. The van der Waals surface area contributed by atoms with Crippen molar-refractivity contribution in [3.05, 3.63) is 123 Å². The molecular formula is C28H31FN4O2. The van der Waals surface area contributed by atoms with E-state index in [9.17, 15) is 14.0 Å². The Kier molecular flexibility index (Phi) is 8.73. The zero-order valence-electron chi connectivity index (χ0n) is 20.4. The lowest BCUT2D eigenvalue weighted by molar-refractivity contribution is 0.497. The molecule has 0 aliphatic heterocycles. The molecule has 0 saturated heterocycles. The van der Waals surface area contributed by atoms with Gasteiger partial charge in [-0.05, 0) is 74.6 Å². The van der Waals surface area contributed by atoms with Crippen LogP contribution in [0.3, 0.4) is 0 Å². The van der Waals surface area contributed by atoms with Crippen molar-refractivity contribution in [3.63, 3.8) is 0 Å². The van der Waals surface area contributed by atoms with Gasteiger partial charge in [0.2, 0.25) is 5.95 Å². The van der Waals surface area contributed by atoms with E-state index in [2.05, 4.69) is 16.9 Å². The number of anilines is 2. The molecule has 0 atom stereocenters. The van der Waals surface area contributed by atoms with E-state index in [0.717, 1.165) is 28.5 Å². The standard InChI is InChI=1S/C28H31FN4O2/c1-5-7-9-21(6-2)12-13-22-10-8-11-25(18-22)30-26-31-27(34)33(20(3)4)28(35)32(26)19-23-14-16-24(29)17-15-23/h5-11,14-18,20H,2,12-13,19H2,1,3-4H3,(H,30,31,34)/b7-5-,21-9+. The predicted octanol–water partition coefficient (Wildman–Crippen LogP) is 5.54. The molecule has 182 valence electrons. The van der Waals surface area contributed by atoms with E-state index in [-0.39, 0.29) is 24.4 Å². The highest BCUT2D eigenvalue weighted by molar-refractivity contribution is 5.54. The molecule has 0 spiro atoms. The summed E-state index contributed by atoms with van der Waals surface area (Å²) in [6.45, 7) is 9.49. The van der Waals surface area contributed by atoms with Crippen LogP contribution in [0.2, 0.25) is 0 Å². The molecule has 1 heterocycles. The molecule has 0 unspecified atom stereocenters. The van der Waals surface area contributed by atoms with E-state index >= 15 is 0 Å². The smallest absolute Gasteiger partial charge is 0.325 e. The minimum absolute atomic E-state index is 0.137. The van der Waals surface area contributed by atoms with Crippen LogP contribution in [0.1, 0.15) is 44.4 Å². The van der Waals surface area contributed by atoms with E-state index in [0.29, 0.717) is 11.3 Å². The van der Waals surface area contributed by atoms with Gasteiger partial charge in [-0.2, -0.15) is 4.98 Å². The van der Waals surface area contributed by atoms with Gasteiger partial charge in [0, 0.05) is 11.7 Å². The second-order valence-corrected chi connectivity index (χ2v) is 8.47. The van der Waals surface area contributed by atoms with E-state index in [1.54, 1.807) is 26.0 Å². The van der Waals surface area contributed by atoms with Crippen molar-refractivity contribution in [2.75, 3.05) is 5.32 Å². The van der Waals surface area contributed by atoms with Crippen molar-refractivity contribution in [1.29, 1.82) is 0 Å². The van der Waals surface area contributed by atoms with Crippen LogP contribution in [-0.2, 0) is 13.0 Å². The minimum atomic E-state index is -0.622.